The Kier molecular flexibility index (Phi) is 9.54. The van der Waals surface area contributed by atoms with Gasteiger partial charge in [0.15, 0.2) is 34.9 Å². The molecule has 0 saturated carbocycles. The van der Waals surface area contributed by atoms with Gasteiger partial charge in [-0.15, -0.1) is 0 Å². The van der Waals surface area contributed by atoms with Crippen LogP contribution in [0.1, 0.15) is 5.56 Å². The summed E-state index contributed by atoms with van der Waals surface area (Å²) >= 11 is 0. The van der Waals surface area contributed by atoms with Crippen molar-refractivity contribution in [1.82, 2.24) is 39.0 Å². The SMILES string of the molecule is Cc1ccc2c(c1)c1ccccc1n2-c1cc(-n2c3ccccc3c3ccccc32)c(-c2nc(-c3ccccc3)nc(-c3ccccc3)n2)cc1-c1nc(-c2ccccc2)nc(-c2ccccc2)n1. The Hall–Kier alpha value is -9.40. The Labute approximate surface area is 397 Å². The molecule has 0 amide bonds. The summed E-state index contributed by atoms with van der Waals surface area (Å²) in [6.07, 6.45) is 0. The van der Waals surface area contributed by atoms with Gasteiger partial charge in [-0.25, -0.2) is 29.9 Å². The molecule has 0 radical (unpaired) electrons. The summed E-state index contributed by atoms with van der Waals surface area (Å²) in [5.41, 5.74) is 12.2. The summed E-state index contributed by atoms with van der Waals surface area (Å²) in [5.74, 6) is 3.27. The van der Waals surface area contributed by atoms with E-state index in [-0.39, 0.29) is 0 Å². The second-order valence-electron chi connectivity index (χ2n) is 17.2. The van der Waals surface area contributed by atoms with Gasteiger partial charge in [-0.3, -0.25) is 0 Å². The van der Waals surface area contributed by atoms with E-state index in [4.69, 9.17) is 29.9 Å². The molecule has 13 rings (SSSR count). The largest absolute Gasteiger partial charge is 0.308 e. The van der Waals surface area contributed by atoms with Crippen molar-refractivity contribution >= 4 is 43.6 Å². The first-order valence-electron chi connectivity index (χ1n) is 23.0. The number of fused-ring (bicyclic) bond motifs is 6. The molecule has 0 bridgehead atoms. The van der Waals surface area contributed by atoms with Gasteiger partial charge in [0.1, 0.15) is 0 Å². The second kappa shape index (κ2) is 16.5. The quantitative estimate of drug-likeness (QED) is 0.151. The lowest BCUT2D eigenvalue weighted by atomic mass is 10.0. The molecule has 13 aromatic rings. The zero-order chi connectivity index (χ0) is 45.8. The molecule has 69 heavy (non-hydrogen) atoms. The van der Waals surface area contributed by atoms with E-state index in [1.807, 2.05) is 121 Å². The number of rotatable bonds is 8. The highest BCUT2D eigenvalue weighted by molar-refractivity contribution is 6.12. The highest BCUT2D eigenvalue weighted by Gasteiger charge is 2.26. The molecule has 0 saturated heterocycles. The van der Waals surface area contributed by atoms with Crippen LogP contribution < -0.4 is 0 Å². The molecule has 0 spiro atoms. The maximum Gasteiger partial charge on any atom is 0.166 e. The van der Waals surface area contributed by atoms with E-state index >= 15 is 0 Å². The van der Waals surface area contributed by atoms with E-state index in [2.05, 4.69) is 119 Å². The van der Waals surface area contributed by atoms with Crippen molar-refractivity contribution in [2.24, 2.45) is 0 Å². The van der Waals surface area contributed by atoms with Crippen LogP contribution in [0.4, 0.5) is 0 Å². The normalized spacial score (nSPS) is 11.6. The fourth-order valence-corrected chi connectivity index (χ4v) is 9.69. The minimum atomic E-state index is 0.505. The molecular weight excluding hydrogens is 845 g/mol. The average molecular weight is 885 g/mol. The third-order valence-electron chi connectivity index (χ3n) is 12.9. The van der Waals surface area contributed by atoms with Crippen molar-refractivity contribution in [3.05, 3.63) is 230 Å². The molecule has 9 aromatic carbocycles. The number of aryl methyl sites for hydroxylation is 1. The lowest BCUT2D eigenvalue weighted by Gasteiger charge is -2.21. The third kappa shape index (κ3) is 6.93. The summed E-state index contributed by atoms with van der Waals surface area (Å²) in [4.78, 5) is 31.9. The van der Waals surface area contributed by atoms with Gasteiger partial charge in [-0.05, 0) is 49.4 Å². The molecule has 0 aliphatic heterocycles. The van der Waals surface area contributed by atoms with Gasteiger partial charge in [0, 0.05) is 54.9 Å². The predicted molar refractivity (Wildman–Crippen MR) is 279 cm³/mol. The monoisotopic (exact) mass is 884 g/mol. The Morgan fingerprint density at radius 2 is 0.565 bits per heavy atom. The van der Waals surface area contributed by atoms with Gasteiger partial charge in [0.2, 0.25) is 0 Å². The van der Waals surface area contributed by atoms with Gasteiger partial charge in [0.25, 0.3) is 0 Å². The van der Waals surface area contributed by atoms with Crippen molar-refractivity contribution in [1.29, 1.82) is 0 Å². The summed E-state index contributed by atoms with van der Waals surface area (Å²) in [6, 6.07) is 77.5. The van der Waals surface area contributed by atoms with Gasteiger partial charge in [0.05, 0.1) is 33.4 Å². The topological polar surface area (TPSA) is 87.2 Å². The molecule has 0 aliphatic rings. The van der Waals surface area contributed by atoms with Crippen LogP contribution in [-0.4, -0.2) is 39.0 Å². The van der Waals surface area contributed by atoms with Crippen LogP contribution >= 0.6 is 0 Å². The van der Waals surface area contributed by atoms with E-state index in [0.717, 1.165) is 88.4 Å². The van der Waals surface area contributed by atoms with E-state index in [0.29, 0.717) is 34.9 Å². The molecule has 0 aliphatic carbocycles. The van der Waals surface area contributed by atoms with Gasteiger partial charge in [-0.2, -0.15) is 0 Å². The fraction of sp³-hybridized carbons (Fsp3) is 0.0164. The van der Waals surface area contributed by atoms with Crippen molar-refractivity contribution in [3.63, 3.8) is 0 Å². The molecule has 0 fully saturated rings. The number of hydrogen-bond donors (Lipinski definition) is 0. The molecule has 0 unspecified atom stereocenters. The van der Waals surface area contributed by atoms with Crippen LogP contribution in [0.25, 0.3) is 123 Å². The maximum atomic E-state index is 5.41. The summed E-state index contributed by atoms with van der Waals surface area (Å²) in [7, 11) is 0. The second-order valence-corrected chi connectivity index (χ2v) is 17.2. The maximum absolute atomic E-state index is 5.41. The highest BCUT2D eigenvalue weighted by atomic mass is 15.1. The molecule has 4 aromatic heterocycles. The predicted octanol–water partition coefficient (Wildman–Crippen LogP) is 14.6. The van der Waals surface area contributed by atoms with E-state index in [1.54, 1.807) is 0 Å². The average Bonchev–Trinajstić information content (AvgIpc) is 3.93. The first-order valence-corrected chi connectivity index (χ1v) is 23.0. The summed E-state index contributed by atoms with van der Waals surface area (Å²) < 4.78 is 4.73. The smallest absolute Gasteiger partial charge is 0.166 e. The van der Waals surface area contributed by atoms with Crippen molar-refractivity contribution in [3.8, 4) is 79.7 Å². The van der Waals surface area contributed by atoms with Crippen LogP contribution in [0.2, 0.25) is 0 Å². The van der Waals surface area contributed by atoms with Crippen molar-refractivity contribution in [2.75, 3.05) is 0 Å². The lowest BCUT2D eigenvalue weighted by Crippen LogP contribution is -2.08. The van der Waals surface area contributed by atoms with Crippen LogP contribution in [0.15, 0.2) is 224 Å². The van der Waals surface area contributed by atoms with Gasteiger partial charge in [-0.1, -0.05) is 188 Å². The number of hydrogen-bond acceptors (Lipinski definition) is 6. The molecule has 324 valence electrons. The molecular formula is C61H40N8. The zero-order valence-electron chi connectivity index (χ0n) is 37.4. The molecule has 8 heteroatoms. The standard InChI is InChI=1S/C61H40N8/c1-39-34-35-53-47(36-39)46-30-16-19-33-52(46)69(53)55-38-54(68-50-31-17-14-28-44(50)45-29-15-18-32-51(45)68)48(60-64-56(40-20-6-2-7-21-40)62-57(65-60)41-22-8-3-9-23-41)37-49(55)61-66-58(42-24-10-4-11-25-42)63-59(67-61)43-26-12-5-13-27-43/h2-38H,1H3. The number of benzene rings is 9. The Bertz CT molecular complexity index is 3900. The summed E-state index contributed by atoms with van der Waals surface area (Å²) in [5, 5.41) is 4.58. The lowest BCUT2D eigenvalue weighted by molar-refractivity contribution is 1.05. The Balaban J connectivity index is 1.22. The van der Waals surface area contributed by atoms with Crippen LogP contribution in [0, 0.1) is 6.92 Å². The molecule has 4 heterocycles. The van der Waals surface area contributed by atoms with E-state index < -0.39 is 0 Å². The molecule has 0 N–H and O–H groups in total. The van der Waals surface area contributed by atoms with Crippen LogP contribution in [0.5, 0.6) is 0 Å². The van der Waals surface area contributed by atoms with Gasteiger partial charge < -0.3 is 9.13 Å². The van der Waals surface area contributed by atoms with E-state index in [9.17, 15) is 0 Å². The Morgan fingerprint density at radius 3 is 0.942 bits per heavy atom. The van der Waals surface area contributed by atoms with Gasteiger partial charge >= 0.3 is 0 Å². The molecule has 8 nitrogen and oxygen atoms in total. The minimum absolute atomic E-state index is 0.505. The van der Waals surface area contributed by atoms with Crippen molar-refractivity contribution < 1.29 is 0 Å². The minimum Gasteiger partial charge on any atom is -0.308 e. The first kappa shape index (κ1) is 39.9. The number of nitrogens with zero attached hydrogens (tertiary/aromatic N) is 8. The number of aromatic nitrogens is 8. The Morgan fingerprint density at radius 1 is 0.261 bits per heavy atom. The van der Waals surface area contributed by atoms with Crippen LogP contribution in [0.3, 0.4) is 0 Å². The zero-order valence-corrected chi connectivity index (χ0v) is 37.4. The highest BCUT2D eigenvalue weighted by Crippen LogP contribution is 2.43. The van der Waals surface area contributed by atoms with E-state index in [1.165, 1.54) is 5.56 Å². The summed E-state index contributed by atoms with van der Waals surface area (Å²) in [6.45, 7) is 2.15. The first-order chi connectivity index (χ1) is 34.1. The number of para-hydroxylation sites is 3. The third-order valence-corrected chi connectivity index (χ3v) is 12.9. The van der Waals surface area contributed by atoms with Crippen LogP contribution in [-0.2, 0) is 0 Å². The fourth-order valence-electron chi connectivity index (χ4n) is 9.69. The molecule has 0 atom stereocenters. The van der Waals surface area contributed by atoms with Crippen molar-refractivity contribution in [2.45, 2.75) is 6.92 Å².